The molecule has 1 aromatic rings. The third kappa shape index (κ3) is 1.46. The smallest absolute Gasteiger partial charge is 0.314 e. The lowest BCUT2D eigenvalue weighted by Gasteiger charge is -2.15. The van der Waals surface area contributed by atoms with Gasteiger partial charge in [0.25, 0.3) is 0 Å². The molecule has 2 N–H and O–H groups in total. The Labute approximate surface area is 101 Å². The van der Waals surface area contributed by atoms with Crippen molar-refractivity contribution in [2.24, 2.45) is 0 Å². The largest absolute Gasteiger partial charge is 0.504 e. The first-order chi connectivity index (χ1) is 7.53. The first-order valence-electron chi connectivity index (χ1n) is 4.82. The van der Waals surface area contributed by atoms with E-state index in [1.807, 2.05) is 0 Å². The number of aromatic hydroxyl groups is 1. The summed E-state index contributed by atoms with van der Waals surface area (Å²) in [5, 5.41) is 19.1. The Morgan fingerprint density at radius 2 is 2.12 bits per heavy atom. The average molecular weight is 287 g/mol. The maximum absolute atomic E-state index is 11.2. The molecule has 4 nitrogen and oxygen atoms in total. The molecule has 0 heterocycles. The number of rotatable bonds is 3. The highest BCUT2D eigenvalue weighted by Gasteiger charge is 2.53. The van der Waals surface area contributed by atoms with Gasteiger partial charge in [-0.15, -0.1) is 0 Å². The zero-order valence-corrected chi connectivity index (χ0v) is 10.2. The van der Waals surface area contributed by atoms with Gasteiger partial charge in [0, 0.05) is 5.56 Å². The normalized spacial score (nSPS) is 16.9. The van der Waals surface area contributed by atoms with Gasteiger partial charge in [-0.3, -0.25) is 4.79 Å². The number of hydrogen-bond donors (Lipinski definition) is 2. The Morgan fingerprint density at radius 3 is 2.56 bits per heavy atom. The molecule has 5 heteroatoms. The summed E-state index contributed by atoms with van der Waals surface area (Å²) in [6.45, 7) is 0. The van der Waals surface area contributed by atoms with Crippen molar-refractivity contribution in [3.63, 3.8) is 0 Å². The quantitative estimate of drug-likeness (QED) is 0.895. The molecule has 1 saturated carbocycles. The van der Waals surface area contributed by atoms with Crippen LogP contribution in [0.25, 0.3) is 0 Å². The van der Waals surface area contributed by atoms with Crippen molar-refractivity contribution in [3.05, 3.63) is 22.2 Å². The molecular weight excluding hydrogens is 276 g/mol. The molecule has 0 aliphatic heterocycles. The fourth-order valence-electron chi connectivity index (χ4n) is 1.85. The van der Waals surface area contributed by atoms with Crippen LogP contribution >= 0.6 is 15.9 Å². The molecule has 0 bridgehead atoms. The number of hydrogen-bond acceptors (Lipinski definition) is 3. The molecule has 0 unspecified atom stereocenters. The van der Waals surface area contributed by atoms with Gasteiger partial charge in [-0.1, -0.05) is 6.07 Å². The minimum atomic E-state index is -0.919. The monoisotopic (exact) mass is 286 g/mol. The molecule has 0 radical (unpaired) electrons. The fourth-order valence-corrected chi connectivity index (χ4v) is 2.33. The van der Waals surface area contributed by atoms with Crippen LogP contribution in [0.5, 0.6) is 11.5 Å². The summed E-state index contributed by atoms with van der Waals surface area (Å²) < 4.78 is 5.64. The summed E-state index contributed by atoms with van der Waals surface area (Å²) in [4.78, 5) is 11.2. The number of methoxy groups -OCH3 is 1. The van der Waals surface area contributed by atoms with Gasteiger partial charge in [-0.25, -0.2) is 0 Å². The number of benzene rings is 1. The number of halogens is 1. The maximum atomic E-state index is 11.2. The molecule has 86 valence electrons. The van der Waals surface area contributed by atoms with E-state index < -0.39 is 11.4 Å². The van der Waals surface area contributed by atoms with Crippen LogP contribution in [0.4, 0.5) is 0 Å². The first kappa shape index (κ1) is 11.3. The zero-order chi connectivity index (χ0) is 11.9. The lowest BCUT2D eigenvalue weighted by atomic mass is 9.95. The van der Waals surface area contributed by atoms with Crippen molar-refractivity contribution >= 4 is 21.9 Å². The highest BCUT2D eigenvalue weighted by Crippen LogP contribution is 2.54. The molecule has 0 aromatic heterocycles. The van der Waals surface area contributed by atoms with Crippen molar-refractivity contribution < 1.29 is 19.7 Å². The molecule has 0 atom stereocenters. The molecule has 1 aromatic carbocycles. The Kier molecular flexibility index (Phi) is 2.58. The summed E-state index contributed by atoms with van der Waals surface area (Å²) in [5.41, 5.74) is -0.488. The van der Waals surface area contributed by atoms with Crippen molar-refractivity contribution in [3.8, 4) is 11.5 Å². The second-order valence-electron chi connectivity index (χ2n) is 3.86. The molecular formula is C11H11BrO4. The highest BCUT2D eigenvalue weighted by molar-refractivity contribution is 9.10. The van der Waals surface area contributed by atoms with E-state index >= 15 is 0 Å². The standard InChI is InChI=1S/C11H11BrO4/c1-16-9-7(12)3-2-6(8(9)13)11(4-5-11)10(14)15/h2-3,13H,4-5H2,1H3,(H,14,15). The number of aliphatic carboxylic acids is 1. The minimum Gasteiger partial charge on any atom is -0.504 e. The van der Waals surface area contributed by atoms with Crippen LogP contribution in [0.15, 0.2) is 16.6 Å². The van der Waals surface area contributed by atoms with Crippen LogP contribution in [-0.4, -0.2) is 23.3 Å². The second kappa shape index (κ2) is 3.66. The number of ether oxygens (including phenoxy) is 1. The zero-order valence-electron chi connectivity index (χ0n) is 8.66. The SMILES string of the molecule is COc1c(Br)ccc(C2(C(=O)O)CC2)c1O. The van der Waals surface area contributed by atoms with Crippen molar-refractivity contribution in [1.29, 1.82) is 0 Å². The van der Waals surface area contributed by atoms with E-state index in [0.717, 1.165) is 0 Å². The lowest BCUT2D eigenvalue weighted by molar-refractivity contribution is -0.140. The van der Waals surface area contributed by atoms with Gasteiger partial charge < -0.3 is 14.9 Å². The highest BCUT2D eigenvalue weighted by atomic mass is 79.9. The number of carboxylic acids is 1. The van der Waals surface area contributed by atoms with E-state index in [2.05, 4.69) is 15.9 Å². The molecule has 16 heavy (non-hydrogen) atoms. The summed E-state index contributed by atoms with van der Waals surface area (Å²) in [6, 6.07) is 3.32. The van der Waals surface area contributed by atoms with E-state index in [-0.39, 0.29) is 11.5 Å². The lowest BCUT2D eigenvalue weighted by Crippen LogP contribution is -2.19. The topological polar surface area (TPSA) is 66.8 Å². The summed E-state index contributed by atoms with van der Waals surface area (Å²) in [7, 11) is 1.43. The van der Waals surface area contributed by atoms with Crippen LogP contribution in [0, 0.1) is 0 Å². The Hall–Kier alpha value is -1.23. The minimum absolute atomic E-state index is 0.0863. The van der Waals surface area contributed by atoms with Gasteiger partial charge in [0.15, 0.2) is 11.5 Å². The van der Waals surface area contributed by atoms with Gasteiger partial charge in [0.2, 0.25) is 0 Å². The average Bonchev–Trinajstić information content (AvgIpc) is 2.99. The van der Waals surface area contributed by atoms with Crippen molar-refractivity contribution in [1.82, 2.24) is 0 Å². The summed E-state index contributed by atoms with van der Waals surface area (Å²) in [5.74, 6) is -0.700. The van der Waals surface area contributed by atoms with Crippen LogP contribution in [0.1, 0.15) is 18.4 Å². The van der Waals surface area contributed by atoms with Gasteiger partial charge in [-0.05, 0) is 34.8 Å². The third-order valence-corrected chi connectivity index (χ3v) is 3.59. The van der Waals surface area contributed by atoms with Crippen LogP contribution in [0.2, 0.25) is 0 Å². The molecule has 1 fully saturated rings. The first-order valence-corrected chi connectivity index (χ1v) is 5.61. The van der Waals surface area contributed by atoms with Crippen LogP contribution in [0.3, 0.4) is 0 Å². The molecule has 0 spiro atoms. The predicted molar refractivity (Wildman–Crippen MR) is 60.9 cm³/mol. The number of phenols is 1. The van der Waals surface area contributed by atoms with E-state index in [0.29, 0.717) is 22.9 Å². The Balaban J connectivity index is 2.55. The number of carbonyl (C=O) groups is 1. The van der Waals surface area contributed by atoms with E-state index in [1.54, 1.807) is 12.1 Å². The molecule has 1 aliphatic carbocycles. The second-order valence-corrected chi connectivity index (χ2v) is 4.72. The number of carboxylic acid groups (broad SMARTS) is 1. The Bertz CT molecular complexity index is 452. The van der Waals surface area contributed by atoms with E-state index in [4.69, 9.17) is 9.84 Å². The molecule has 1 aliphatic rings. The summed E-state index contributed by atoms with van der Waals surface area (Å²) >= 11 is 3.23. The molecule has 0 saturated heterocycles. The van der Waals surface area contributed by atoms with Gasteiger partial charge in [0.1, 0.15) is 0 Å². The summed E-state index contributed by atoms with van der Waals surface area (Å²) in [6.07, 6.45) is 1.11. The maximum Gasteiger partial charge on any atom is 0.314 e. The van der Waals surface area contributed by atoms with Crippen molar-refractivity contribution in [2.45, 2.75) is 18.3 Å². The van der Waals surface area contributed by atoms with Gasteiger partial charge >= 0.3 is 5.97 Å². The molecule has 2 rings (SSSR count). The Morgan fingerprint density at radius 1 is 1.50 bits per heavy atom. The van der Waals surface area contributed by atoms with Gasteiger partial charge in [0.05, 0.1) is 17.0 Å². The van der Waals surface area contributed by atoms with Gasteiger partial charge in [-0.2, -0.15) is 0 Å². The third-order valence-electron chi connectivity index (χ3n) is 2.96. The van der Waals surface area contributed by atoms with Crippen LogP contribution in [-0.2, 0) is 10.2 Å². The van der Waals surface area contributed by atoms with Crippen molar-refractivity contribution in [2.75, 3.05) is 7.11 Å². The predicted octanol–water partition coefficient (Wildman–Crippen LogP) is 2.28. The van der Waals surface area contributed by atoms with Crippen LogP contribution < -0.4 is 4.74 Å². The number of phenolic OH excluding ortho intramolecular Hbond substituents is 1. The van der Waals surface area contributed by atoms with E-state index in [1.165, 1.54) is 7.11 Å². The molecule has 0 amide bonds. The fraction of sp³-hybridized carbons (Fsp3) is 0.364. The van der Waals surface area contributed by atoms with E-state index in [9.17, 15) is 9.90 Å².